The summed E-state index contributed by atoms with van der Waals surface area (Å²) in [6, 6.07) is 19.8. The molecule has 2 aromatic rings. The standard InChI is InChI=1S/C25H23NO2/c1-20(27)26-18-23(16-8-14-21-10-4-2-5-11-21)25(28)24(19-26)17-9-15-22-12-6-3-7-13-22/h2-17H,18-19H2,1H3/b14-8+,15-9+,23-16+,24-17+. The van der Waals surface area contributed by atoms with Crippen LogP contribution in [0.15, 0.2) is 96.1 Å². The second kappa shape index (κ2) is 9.47. The van der Waals surface area contributed by atoms with Crippen molar-refractivity contribution in [1.82, 2.24) is 4.90 Å². The SMILES string of the molecule is CC(=O)N1C/C(=C\C=C\c2ccccc2)C(=O)/C(=C/C=C/c2ccccc2)C1. The maximum Gasteiger partial charge on any atom is 0.220 e. The molecule has 1 aliphatic heterocycles. The Hall–Kier alpha value is -3.46. The molecule has 3 rings (SSSR count). The zero-order valence-electron chi connectivity index (χ0n) is 15.9. The summed E-state index contributed by atoms with van der Waals surface area (Å²) >= 11 is 0. The average Bonchev–Trinajstić information content (AvgIpc) is 2.72. The number of hydrogen-bond acceptors (Lipinski definition) is 2. The number of ketones is 1. The molecule has 2 aromatic carbocycles. The summed E-state index contributed by atoms with van der Waals surface area (Å²) in [5.41, 5.74) is 3.36. The van der Waals surface area contributed by atoms with Crippen LogP contribution in [0.25, 0.3) is 12.2 Å². The molecule has 0 aliphatic carbocycles. The molecule has 0 atom stereocenters. The third-order valence-corrected chi connectivity index (χ3v) is 4.52. The van der Waals surface area contributed by atoms with Crippen LogP contribution in [-0.2, 0) is 9.59 Å². The lowest BCUT2D eigenvalue weighted by Crippen LogP contribution is -2.40. The van der Waals surface area contributed by atoms with Crippen LogP contribution in [0.1, 0.15) is 18.1 Å². The van der Waals surface area contributed by atoms with E-state index in [1.807, 2.05) is 85.0 Å². The number of allylic oxidation sites excluding steroid dienone is 4. The van der Waals surface area contributed by atoms with E-state index in [9.17, 15) is 9.59 Å². The molecule has 0 aromatic heterocycles. The van der Waals surface area contributed by atoms with E-state index in [1.165, 1.54) is 6.92 Å². The van der Waals surface area contributed by atoms with Crippen LogP contribution in [0.3, 0.4) is 0 Å². The highest BCUT2D eigenvalue weighted by Gasteiger charge is 2.26. The summed E-state index contributed by atoms with van der Waals surface area (Å²) in [5, 5.41) is 0. The van der Waals surface area contributed by atoms with Crippen molar-refractivity contribution in [3.63, 3.8) is 0 Å². The van der Waals surface area contributed by atoms with Gasteiger partial charge in [0.2, 0.25) is 5.91 Å². The van der Waals surface area contributed by atoms with Crippen molar-refractivity contribution in [2.24, 2.45) is 0 Å². The molecule has 0 bridgehead atoms. The molecule has 1 saturated heterocycles. The van der Waals surface area contributed by atoms with Gasteiger partial charge in [-0.3, -0.25) is 9.59 Å². The van der Waals surface area contributed by atoms with E-state index < -0.39 is 0 Å². The highest BCUT2D eigenvalue weighted by Crippen LogP contribution is 2.18. The number of Topliss-reactive ketones (excluding diaryl/α,β-unsaturated/α-hetero) is 1. The van der Waals surface area contributed by atoms with E-state index in [0.29, 0.717) is 24.2 Å². The van der Waals surface area contributed by atoms with Gasteiger partial charge in [-0.15, -0.1) is 0 Å². The van der Waals surface area contributed by atoms with Crippen molar-refractivity contribution in [2.45, 2.75) is 6.92 Å². The predicted molar refractivity (Wildman–Crippen MR) is 114 cm³/mol. The van der Waals surface area contributed by atoms with Gasteiger partial charge in [-0.25, -0.2) is 0 Å². The van der Waals surface area contributed by atoms with Gasteiger partial charge >= 0.3 is 0 Å². The van der Waals surface area contributed by atoms with Gasteiger partial charge in [0.1, 0.15) is 0 Å². The Kier molecular flexibility index (Phi) is 6.53. The number of likely N-dealkylation sites (tertiary alicyclic amines) is 1. The smallest absolute Gasteiger partial charge is 0.220 e. The van der Waals surface area contributed by atoms with Crippen molar-refractivity contribution in [2.75, 3.05) is 13.1 Å². The van der Waals surface area contributed by atoms with Crippen molar-refractivity contribution >= 4 is 23.8 Å². The second-order valence-corrected chi connectivity index (χ2v) is 6.63. The summed E-state index contributed by atoms with van der Waals surface area (Å²) < 4.78 is 0. The number of hydrogen-bond donors (Lipinski definition) is 0. The fourth-order valence-electron chi connectivity index (χ4n) is 2.98. The van der Waals surface area contributed by atoms with Crippen LogP contribution < -0.4 is 0 Å². The van der Waals surface area contributed by atoms with Gasteiger partial charge in [-0.1, -0.05) is 97.1 Å². The first-order valence-electron chi connectivity index (χ1n) is 9.28. The first-order valence-corrected chi connectivity index (χ1v) is 9.28. The van der Waals surface area contributed by atoms with Gasteiger partial charge in [0, 0.05) is 31.2 Å². The van der Waals surface area contributed by atoms with Gasteiger partial charge in [0.05, 0.1) is 0 Å². The van der Waals surface area contributed by atoms with Crippen LogP contribution in [0.5, 0.6) is 0 Å². The summed E-state index contributed by atoms with van der Waals surface area (Å²) in [5.74, 6) is -0.0451. The van der Waals surface area contributed by atoms with E-state index in [2.05, 4.69) is 0 Å². The zero-order chi connectivity index (χ0) is 19.8. The van der Waals surface area contributed by atoms with Gasteiger partial charge in [-0.05, 0) is 11.1 Å². The minimum Gasteiger partial charge on any atom is -0.334 e. The predicted octanol–water partition coefficient (Wildman–Crippen LogP) is 4.70. The molecule has 1 amide bonds. The number of carbonyl (C=O) groups excluding carboxylic acids is 2. The molecule has 0 saturated carbocycles. The molecule has 1 fully saturated rings. The fraction of sp³-hybridized carbons (Fsp3) is 0.120. The lowest BCUT2D eigenvalue weighted by molar-refractivity contribution is -0.129. The van der Waals surface area contributed by atoms with Gasteiger partial charge < -0.3 is 4.90 Å². The first kappa shape index (κ1) is 19.3. The summed E-state index contributed by atoms with van der Waals surface area (Å²) in [4.78, 5) is 26.4. The molecule has 0 spiro atoms. The Morgan fingerprint density at radius 1 is 0.786 bits per heavy atom. The maximum absolute atomic E-state index is 12.8. The Morgan fingerprint density at radius 3 is 1.61 bits per heavy atom. The van der Waals surface area contributed by atoms with E-state index in [1.54, 1.807) is 17.1 Å². The molecule has 1 heterocycles. The number of nitrogens with zero attached hydrogens (tertiary/aromatic N) is 1. The molecule has 0 radical (unpaired) electrons. The van der Waals surface area contributed by atoms with Crippen molar-refractivity contribution in [3.8, 4) is 0 Å². The Bertz CT molecular complexity index is 879. The Balaban J connectivity index is 1.80. The van der Waals surface area contributed by atoms with Crippen LogP contribution in [0.4, 0.5) is 0 Å². The molecule has 0 N–H and O–H groups in total. The van der Waals surface area contributed by atoms with Crippen LogP contribution in [0, 0.1) is 0 Å². The zero-order valence-corrected chi connectivity index (χ0v) is 15.9. The normalized spacial score (nSPS) is 17.9. The maximum atomic E-state index is 12.8. The topological polar surface area (TPSA) is 37.4 Å². The monoisotopic (exact) mass is 369 g/mol. The van der Waals surface area contributed by atoms with Crippen molar-refractivity contribution < 1.29 is 9.59 Å². The first-order chi connectivity index (χ1) is 13.6. The minimum atomic E-state index is -0.0385. The number of piperidine rings is 1. The second-order valence-electron chi connectivity index (χ2n) is 6.63. The Labute approximate surface area is 166 Å². The molecule has 0 unspecified atom stereocenters. The minimum absolute atomic E-state index is 0.00655. The molecule has 1 aliphatic rings. The van der Waals surface area contributed by atoms with Gasteiger partial charge in [-0.2, -0.15) is 0 Å². The van der Waals surface area contributed by atoms with Crippen molar-refractivity contribution in [1.29, 1.82) is 0 Å². The quantitative estimate of drug-likeness (QED) is 0.733. The van der Waals surface area contributed by atoms with Gasteiger partial charge in [0.25, 0.3) is 0 Å². The van der Waals surface area contributed by atoms with Crippen molar-refractivity contribution in [3.05, 3.63) is 107 Å². The highest BCUT2D eigenvalue weighted by atomic mass is 16.2. The Morgan fingerprint density at radius 2 is 1.21 bits per heavy atom. The lowest BCUT2D eigenvalue weighted by atomic mass is 9.96. The summed E-state index contributed by atoms with van der Waals surface area (Å²) in [6.07, 6.45) is 11.2. The fourth-order valence-corrected chi connectivity index (χ4v) is 2.98. The molecule has 140 valence electrons. The lowest BCUT2D eigenvalue weighted by Gasteiger charge is -2.28. The van der Waals surface area contributed by atoms with E-state index in [-0.39, 0.29) is 11.7 Å². The molecular formula is C25H23NO2. The van der Waals surface area contributed by atoms with E-state index in [0.717, 1.165) is 11.1 Å². The number of amides is 1. The third kappa shape index (κ3) is 5.27. The average molecular weight is 369 g/mol. The van der Waals surface area contributed by atoms with Crippen LogP contribution in [0.2, 0.25) is 0 Å². The molecule has 3 nitrogen and oxygen atoms in total. The van der Waals surface area contributed by atoms with E-state index in [4.69, 9.17) is 0 Å². The largest absolute Gasteiger partial charge is 0.334 e. The van der Waals surface area contributed by atoms with Crippen LogP contribution in [-0.4, -0.2) is 29.7 Å². The highest BCUT2D eigenvalue weighted by molar-refractivity contribution is 6.11. The molecule has 28 heavy (non-hydrogen) atoms. The van der Waals surface area contributed by atoms with E-state index >= 15 is 0 Å². The number of rotatable bonds is 4. The summed E-state index contributed by atoms with van der Waals surface area (Å²) in [6.45, 7) is 2.21. The number of carbonyl (C=O) groups is 2. The van der Waals surface area contributed by atoms with Gasteiger partial charge in [0.15, 0.2) is 5.78 Å². The molecule has 3 heteroatoms. The third-order valence-electron chi connectivity index (χ3n) is 4.52. The summed E-state index contributed by atoms with van der Waals surface area (Å²) in [7, 11) is 0. The van der Waals surface area contributed by atoms with Crippen LogP contribution >= 0.6 is 0 Å². The molecular weight excluding hydrogens is 346 g/mol. The number of benzene rings is 2.